The highest BCUT2D eigenvalue weighted by atomic mass is 16.5. The van der Waals surface area contributed by atoms with Crippen LogP contribution >= 0.6 is 0 Å². The third-order valence-electron chi connectivity index (χ3n) is 10.5. The number of quaternary nitrogens is 1. The van der Waals surface area contributed by atoms with Crippen molar-refractivity contribution < 1.29 is 9.22 Å². The van der Waals surface area contributed by atoms with E-state index in [1.807, 2.05) is 0 Å². The van der Waals surface area contributed by atoms with Crippen LogP contribution in [-0.2, 0) is 28.7 Å². The Morgan fingerprint density at radius 3 is 2.06 bits per heavy atom. The average molecular weight is 489 g/mol. The fourth-order valence-electron chi connectivity index (χ4n) is 8.73. The van der Waals surface area contributed by atoms with Crippen LogP contribution in [0, 0.1) is 17.8 Å². The highest BCUT2D eigenvalue weighted by Crippen LogP contribution is 2.65. The molecular formula is C34H50NO+. The fourth-order valence-corrected chi connectivity index (χ4v) is 8.73. The molecule has 196 valence electrons. The molecule has 6 atom stereocenters. The van der Waals surface area contributed by atoms with Gasteiger partial charge in [0.25, 0.3) is 0 Å². The van der Waals surface area contributed by atoms with Gasteiger partial charge in [-0.05, 0) is 66.3 Å². The van der Waals surface area contributed by atoms with E-state index in [0.717, 1.165) is 31.5 Å². The molecular weight excluding hydrogens is 438 g/mol. The highest BCUT2D eigenvalue weighted by molar-refractivity contribution is 5.37. The van der Waals surface area contributed by atoms with E-state index in [9.17, 15) is 0 Å². The zero-order chi connectivity index (χ0) is 26.1. The van der Waals surface area contributed by atoms with Crippen LogP contribution in [0.3, 0.4) is 0 Å². The summed E-state index contributed by atoms with van der Waals surface area (Å²) in [6.45, 7) is 26.0. The summed E-state index contributed by atoms with van der Waals surface area (Å²) in [6.07, 6.45) is 2.67. The largest absolute Gasteiger partial charge is 0.364 e. The molecule has 0 amide bonds. The molecule has 2 heteroatoms. The molecule has 2 nitrogen and oxygen atoms in total. The zero-order valence-electron chi connectivity index (χ0n) is 24.4. The molecule has 2 heterocycles. The molecule has 2 aliphatic heterocycles. The van der Waals surface area contributed by atoms with Gasteiger partial charge in [0, 0.05) is 23.3 Å². The number of ether oxygens (including phenoxy) is 1. The van der Waals surface area contributed by atoms with Crippen LogP contribution in [0.1, 0.15) is 97.4 Å². The Bertz CT molecular complexity index is 1080. The van der Waals surface area contributed by atoms with E-state index in [4.69, 9.17) is 4.74 Å². The van der Waals surface area contributed by atoms with Crippen LogP contribution in [0.15, 0.2) is 48.5 Å². The van der Waals surface area contributed by atoms with Gasteiger partial charge < -0.3 is 9.22 Å². The van der Waals surface area contributed by atoms with Gasteiger partial charge in [-0.1, -0.05) is 84.9 Å². The van der Waals surface area contributed by atoms with E-state index in [-0.39, 0.29) is 16.4 Å². The van der Waals surface area contributed by atoms with Crippen molar-refractivity contribution in [2.24, 2.45) is 17.8 Å². The Morgan fingerprint density at radius 1 is 0.861 bits per heavy atom. The molecule has 2 saturated heterocycles. The van der Waals surface area contributed by atoms with Crippen molar-refractivity contribution in [2.45, 2.75) is 110 Å². The summed E-state index contributed by atoms with van der Waals surface area (Å²) in [5.41, 5.74) is 6.28. The number of rotatable bonds is 5. The molecule has 0 aromatic heterocycles. The van der Waals surface area contributed by atoms with Gasteiger partial charge in [-0.2, -0.15) is 0 Å². The van der Waals surface area contributed by atoms with Crippen molar-refractivity contribution in [3.63, 3.8) is 0 Å². The summed E-state index contributed by atoms with van der Waals surface area (Å²) >= 11 is 0. The van der Waals surface area contributed by atoms with Crippen LogP contribution < -0.4 is 0 Å². The molecule has 3 aliphatic rings. The molecule has 2 aromatic carbocycles. The first kappa shape index (κ1) is 26.0. The van der Waals surface area contributed by atoms with Gasteiger partial charge in [0.05, 0.1) is 13.2 Å². The number of hydrogen-bond acceptors (Lipinski definition) is 1. The predicted molar refractivity (Wildman–Crippen MR) is 151 cm³/mol. The minimum atomic E-state index is -0.0754. The van der Waals surface area contributed by atoms with Crippen LogP contribution in [0.2, 0.25) is 0 Å². The maximum Gasteiger partial charge on any atom is 0.123 e. The highest BCUT2D eigenvalue weighted by Gasteiger charge is 2.76. The van der Waals surface area contributed by atoms with Crippen LogP contribution in [0.25, 0.3) is 0 Å². The van der Waals surface area contributed by atoms with Gasteiger partial charge >= 0.3 is 0 Å². The topological polar surface area (TPSA) is 9.23 Å². The molecule has 0 radical (unpaired) electrons. The lowest BCUT2D eigenvalue weighted by Gasteiger charge is -2.44. The van der Waals surface area contributed by atoms with Crippen LogP contribution in [0.4, 0.5) is 0 Å². The van der Waals surface area contributed by atoms with E-state index in [1.54, 1.807) is 0 Å². The zero-order valence-corrected chi connectivity index (χ0v) is 24.4. The lowest BCUT2D eigenvalue weighted by molar-refractivity contribution is -0.967. The second kappa shape index (κ2) is 8.43. The number of benzene rings is 2. The van der Waals surface area contributed by atoms with E-state index >= 15 is 0 Å². The average Bonchev–Trinajstić information content (AvgIpc) is 3.31. The maximum absolute atomic E-state index is 6.95. The third kappa shape index (κ3) is 4.08. The standard InChI is InChI=1S/C34H50NO/c1-24-20-35(21-26-17-27(31(2,3)4)19-28(18-26)32(5,6)7)23-33(8,30-16-15-29(24)34(30,35)9)36-22-25-13-11-10-12-14-25/h10-14,17-19,24,29-30H,15-16,20-23H2,1-9H3/q+1/t24-,29+,30-,33-,34-,35-/m1/s1. The summed E-state index contributed by atoms with van der Waals surface area (Å²) in [7, 11) is 0. The Kier molecular flexibility index (Phi) is 6.09. The number of hydrogen-bond donors (Lipinski definition) is 0. The second-order valence-corrected chi connectivity index (χ2v) is 15.1. The van der Waals surface area contributed by atoms with Crippen LogP contribution in [0.5, 0.6) is 0 Å². The van der Waals surface area contributed by atoms with Crippen molar-refractivity contribution in [3.05, 3.63) is 70.8 Å². The third-order valence-corrected chi connectivity index (χ3v) is 10.5. The van der Waals surface area contributed by atoms with Crippen molar-refractivity contribution in [1.29, 1.82) is 0 Å². The van der Waals surface area contributed by atoms with Crippen LogP contribution in [-0.4, -0.2) is 28.7 Å². The summed E-state index contributed by atoms with van der Waals surface area (Å²) in [6, 6.07) is 18.3. The SMILES string of the molecule is C[C@@H]1C[N@@+]2(Cc3cc(C(C)(C)C)cc(C(C)(C)C)c3)C[C@@](C)(OCc3ccccc3)[C@H]3CC[C@@H]1[C@]32C. The van der Waals surface area contributed by atoms with Crippen molar-refractivity contribution in [2.75, 3.05) is 13.1 Å². The molecule has 36 heavy (non-hydrogen) atoms. The first-order chi connectivity index (χ1) is 16.7. The van der Waals surface area contributed by atoms with Gasteiger partial charge in [0.2, 0.25) is 0 Å². The van der Waals surface area contributed by atoms with Crippen molar-refractivity contribution in [3.8, 4) is 0 Å². The van der Waals surface area contributed by atoms with E-state index in [0.29, 0.717) is 11.5 Å². The Balaban J connectivity index is 1.53. The van der Waals surface area contributed by atoms with Crippen molar-refractivity contribution >= 4 is 0 Å². The summed E-state index contributed by atoms with van der Waals surface area (Å²) in [5.74, 6) is 2.21. The minimum absolute atomic E-state index is 0.0754. The Labute approximate surface area is 221 Å². The summed E-state index contributed by atoms with van der Waals surface area (Å²) in [5, 5.41) is 0. The molecule has 1 aliphatic carbocycles. The molecule has 1 saturated carbocycles. The van der Waals surface area contributed by atoms with Gasteiger partial charge in [0.1, 0.15) is 24.2 Å². The van der Waals surface area contributed by atoms with Gasteiger partial charge in [-0.3, -0.25) is 0 Å². The monoisotopic (exact) mass is 488 g/mol. The molecule has 2 aromatic rings. The lowest BCUT2D eigenvalue weighted by atomic mass is 9.76. The second-order valence-electron chi connectivity index (χ2n) is 15.1. The molecule has 0 N–H and O–H groups in total. The molecule has 3 fully saturated rings. The van der Waals surface area contributed by atoms with Gasteiger partial charge in [-0.15, -0.1) is 0 Å². The Hall–Kier alpha value is -1.64. The fraction of sp³-hybridized carbons (Fsp3) is 0.647. The molecule has 0 bridgehead atoms. The summed E-state index contributed by atoms with van der Waals surface area (Å²) < 4.78 is 8.15. The quantitative estimate of drug-likeness (QED) is 0.387. The predicted octanol–water partition coefficient (Wildman–Crippen LogP) is 8.02. The molecule has 0 unspecified atom stereocenters. The van der Waals surface area contributed by atoms with E-state index in [1.165, 1.54) is 46.1 Å². The first-order valence-electron chi connectivity index (χ1n) is 14.4. The first-order valence-corrected chi connectivity index (χ1v) is 14.4. The number of nitrogens with zero attached hydrogens (tertiary/aromatic N) is 1. The molecule has 0 spiro atoms. The van der Waals surface area contributed by atoms with Crippen molar-refractivity contribution in [1.82, 2.24) is 0 Å². The smallest absolute Gasteiger partial charge is 0.123 e. The maximum atomic E-state index is 6.95. The lowest BCUT2D eigenvalue weighted by Crippen LogP contribution is -2.57. The Morgan fingerprint density at radius 2 is 1.47 bits per heavy atom. The van der Waals surface area contributed by atoms with E-state index < -0.39 is 0 Å². The van der Waals surface area contributed by atoms with Gasteiger partial charge in [0.15, 0.2) is 0 Å². The normalized spacial score (nSPS) is 35.9. The molecule has 5 rings (SSSR count). The minimum Gasteiger partial charge on any atom is -0.364 e. The summed E-state index contributed by atoms with van der Waals surface area (Å²) in [4.78, 5) is 0. The van der Waals surface area contributed by atoms with E-state index in [2.05, 4.69) is 111 Å². The van der Waals surface area contributed by atoms with Gasteiger partial charge in [-0.25, -0.2) is 0 Å².